The van der Waals surface area contributed by atoms with E-state index in [1.807, 2.05) is 74.5 Å². The van der Waals surface area contributed by atoms with Crippen LogP contribution in [0.4, 0.5) is 52.7 Å². The van der Waals surface area contributed by atoms with Gasteiger partial charge in [0, 0.05) is 0 Å². The molecule has 0 nitrogen and oxygen atoms in total. The number of rotatable bonds is 11. The summed E-state index contributed by atoms with van der Waals surface area (Å²) in [5, 5.41) is 2.12. The van der Waals surface area contributed by atoms with Gasteiger partial charge in [-0.25, -0.2) is 0 Å². The van der Waals surface area contributed by atoms with Gasteiger partial charge in [0.15, 0.2) is 0 Å². The molecule has 0 aromatic heterocycles. The third-order valence-electron chi connectivity index (χ3n) is 15.1. The van der Waals surface area contributed by atoms with Crippen LogP contribution in [-0.2, 0) is 41.1 Å². The van der Waals surface area contributed by atoms with Crippen LogP contribution in [0.15, 0.2) is 114 Å². The van der Waals surface area contributed by atoms with E-state index in [9.17, 15) is 52.7 Å². The van der Waals surface area contributed by atoms with E-state index in [0.717, 1.165) is 60.2 Å². The van der Waals surface area contributed by atoms with Gasteiger partial charge in [0.05, 0.1) is 0 Å². The average Bonchev–Trinajstić information content (AvgIpc) is 4.01. The Bertz CT molecular complexity index is 3070. The molecule has 74 heavy (non-hydrogen) atoms. The van der Waals surface area contributed by atoms with Crippen molar-refractivity contribution in [3.63, 3.8) is 0 Å². The second-order valence-electron chi connectivity index (χ2n) is 20.6. The van der Waals surface area contributed by atoms with Crippen LogP contribution in [-0.4, -0.2) is 9.52 Å². The molecule has 389 valence electrons. The molecule has 0 amide bonds. The standard InChI is InChI=1S/2C23H21F6.C12H9Si.2ClH.Zr/c2*1-4-5-14-8-15-6-7-19(13(2)3)21(20(15)9-14)16-10-17(22(24,25)26)12-18(11-16)23(27,28)29;1-3-7-11-9(5-1)10-6-2-4-8-12(10)13-11;;;/h2*6-13H,4-5H2,1-3H3;1-7H,13H2;2*1H;/q;;;;;+2/p-2. The van der Waals surface area contributed by atoms with Crippen molar-refractivity contribution in [3.8, 4) is 33.4 Å². The molecule has 0 N–H and O–H groups in total. The Morgan fingerprint density at radius 2 is 0.892 bits per heavy atom. The molecule has 0 spiro atoms. The van der Waals surface area contributed by atoms with Crippen molar-refractivity contribution >= 4 is 52.3 Å². The van der Waals surface area contributed by atoms with Crippen LogP contribution >= 0.6 is 17.0 Å². The van der Waals surface area contributed by atoms with Gasteiger partial charge in [0.25, 0.3) is 0 Å². The molecular formula is C58H51Cl2F12SiZr. The van der Waals surface area contributed by atoms with E-state index in [0.29, 0.717) is 59.1 Å². The van der Waals surface area contributed by atoms with Gasteiger partial charge < -0.3 is 0 Å². The van der Waals surface area contributed by atoms with Crippen molar-refractivity contribution in [3.05, 3.63) is 170 Å². The third-order valence-corrected chi connectivity index (χ3v) is 37.9. The van der Waals surface area contributed by atoms with Gasteiger partial charge in [-0.15, -0.1) is 0 Å². The second-order valence-corrected chi connectivity index (χ2v) is 43.0. The maximum atomic E-state index is 14.6. The van der Waals surface area contributed by atoms with Crippen molar-refractivity contribution < 1.29 is 69.1 Å². The van der Waals surface area contributed by atoms with Gasteiger partial charge in [-0.2, -0.15) is 0 Å². The molecule has 0 bridgehead atoms. The summed E-state index contributed by atoms with van der Waals surface area (Å²) in [6.45, 7) is 11.1. The molecule has 6 aromatic rings. The van der Waals surface area contributed by atoms with Crippen molar-refractivity contribution in [2.45, 2.75) is 111 Å². The summed E-state index contributed by atoms with van der Waals surface area (Å²) in [5.74, 6) is -0.777. The molecule has 1 aliphatic heterocycles. The van der Waals surface area contributed by atoms with Gasteiger partial charge in [-0.05, 0) is 0 Å². The summed E-state index contributed by atoms with van der Waals surface area (Å²) >= 11 is -6.57. The molecule has 6 aromatic carbocycles. The topological polar surface area (TPSA) is 0 Å². The van der Waals surface area contributed by atoms with Crippen molar-refractivity contribution in [2.75, 3.05) is 0 Å². The monoisotopic (exact) mass is 1160 g/mol. The first kappa shape index (κ1) is 54.4. The van der Waals surface area contributed by atoms with E-state index in [-0.39, 0.29) is 46.2 Å². The van der Waals surface area contributed by atoms with E-state index in [2.05, 4.69) is 6.07 Å². The molecule has 1 heterocycles. The number of allylic oxidation sites excluding steroid dienone is 2. The quantitative estimate of drug-likeness (QED) is 0.0894. The molecule has 3 aliphatic rings. The first-order valence-corrected chi connectivity index (χ1v) is 36.4. The Hall–Kier alpha value is -4.36. The Kier molecular flexibility index (Phi) is 14.0. The Morgan fingerprint density at radius 1 is 0.500 bits per heavy atom. The molecule has 0 fully saturated rings. The van der Waals surface area contributed by atoms with Crippen LogP contribution in [0.5, 0.6) is 0 Å². The second kappa shape index (κ2) is 19.0. The average molecular weight is 1170 g/mol. The predicted octanol–water partition coefficient (Wildman–Crippen LogP) is 17.9. The first-order valence-electron chi connectivity index (χ1n) is 24.6. The van der Waals surface area contributed by atoms with Gasteiger partial charge >= 0.3 is 436 Å². The number of benzene rings is 6. The molecule has 0 saturated carbocycles. The summed E-state index contributed by atoms with van der Waals surface area (Å²) in [6.07, 6.45) is -15.0. The first-order chi connectivity index (χ1) is 34.5. The van der Waals surface area contributed by atoms with Crippen LogP contribution < -0.4 is 13.6 Å². The van der Waals surface area contributed by atoms with E-state index in [4.69, 9.17) is 17.0 Å². The Labute approximate surface area is 432 Å². The minimum atomic E-state index is -6.57. The number of fused-ring (bicyclic) bond motifs is 5. The molecule has 2 aliphatic carbocycles. The van der Waals surface area contributed by atoms with Crippen molar-refractivity contribution in [1.29, 1.82) is 0 Å². The molecule has 0 saturated heterocycles. The molecule has 16 heteroatoms. The summed E-state index contributed by atoms with van der Waals surface area (Å²) in [7, 11) is 16.9. The molecule has 9 rings (SSSR count). The van der Waals surface area contributed by atoms with E-state index in [1.54, 1.807) is 39.8 Å². The fourth-order valence-corrected chi connectivity index (χ4v) is 40.2. The van der Waals surface area contributed by atoms with Gasteiger partial charge in [0.1, 0.15) is 0 Å². The third kappa shape index (κ3) is 9.21. The SMILES string of the molecule is CCCC1=Cc2c(ccc(C(C)C)c2-c2cc(C(F)(F)F)cc(C(F)(F)F)c2)[CH]1[Zr]([Cl])([Cl])([c]1cccc2c1[SiH2]c1ccccc1-2)[CH]1C(CCC)=Cc2c1ccc(C(C)C)c2-c1cc(C(F)(F)F)cc(C(F)(F)F)c1. The Balaban J connectivity index is 1.42. The van der Waals surface area contributed by atoms with Crippen LogP contribution in [0.2, 0.25) is 0 Å². The maximum absolute atomic E-state index is 14.6. The summed E-state index contributed by atoms with van der Waals surface area (Å²) in [5.41, 5.74) is 0.151. The number of alkyl halides is 12. The fourth-order valence-electron chi connectivity index (χ4n) is 12.2. The van der Waals surface area contributed by atoms with Crippen LogP contribution in [0, 0.1) is 0 Å². The van der Waals surface area contributed by atoms with Crippen LogP contribution in [0.1, 0.15) is 142 Å². The summed E-state index contributed by atoms with van der Waals surface area (Å²) in [6, 6.07) is 24.2. The zero-order chi connectivity index (χ0) is 53.9. The van der Waals surface area contributed by atoms with E-state index in [1.165, 1.54) is 0 Å². The van der Waals surface area contributed by atoms with Crippen molar-refractivity contribution in [1.82, 2.24) is 0 Å². The molecular weight excluding hydrogens is 1110 g/mol. The van der Waals surface area contributed by atoms with Gasteiger partial charge in [-0.1, -0.05) is 0 Å². The zero-order valence-electron chi connectivity index (χ0n) is 41.1. The van der Waals surface area contributed by atoms with Crippen molar-refractivity contribution in [2.24, 2.45) is 0 Å². The minimum absolute atomic E-state index is 0.107. The summed E-state index contributed by atoms with van der Waals surface area (Å²) in [4.78, 5) is 0. The summed E-state index contributed by atoms with van der Waals surface area (Å²) < 4.78 is 175. The number of hydrogen-bond acceptors (Lipinski definition) is 0. The van der Waals surface area contributed by atoms with Gasteiger partial charge in [-0.3, -0.25) is 0 Å². The predicted molar refractivity (Wildman–Crippen MR) is 274 cm³/mol. The fraction of sp³-hybridized carbons (Fsp3) is 0.310. The number of halogens is 14. The molecule has 2 unspecified atom stereocenters. The van der Waals surface area contributed by atoms with Crippen LogP contribution in [0.3, 0.4) is 0 Å². The molecule has 2 atom stereocenters. The Morgan fingerprint density at radius 3 is 1.27 bits per heavy atom. The number of hydrogen-bond donors (Lipinski definition) is 0. The van der Waals surface area contributed by atoms with E-state index < -0.39 is 80.1 Å². The van der Waals surface area contributed by atoms with E-state index >= 15 is 0 Å². The normalized spacial score (nSPS) is 17.6. The molecule has 0 radical (unpaired) electrons. The van der Waals surface area contributed by atoms with Crippen LogP contribution in [0.25, 0.3) is 45.5 Å². The zero-order valence-corrected chi connectivity index (χ0v) is 46.5. The van der Waals surface area contributed by atoms with Gasteiger partial charge in [0.2, 0.25) is 0 Å².